The Bertz CT molecular complexity index is 13.5. The summed E-state index contributed by atoms with van der Waals surface area (Å²) in [6.45, 7) is 0. The third-order valence-corrected chi connectivity index (χ3v) is 0. The molecule has 0 aliphatic heterocycles. The Morgan fingerprint density at radius 1 is 1.25 bits per heavy atom. The minimum atomic E-state index is 0. The van der Waals surface area contributed by atoms with E-state index in [9.17, 15) is 0 Å². The zero-order valence-corrected chi connectivity index (χ0v) is 7.04. The maximum Gasteiger partial charge on any atom is 2.00 e. The molecule has 0 aliphatic rings. The van der Waals surface area contributed by atoms with E-state index in [2.05, 4.69) is 0 Å². The normalized spacial score (nSPS) is 0. The fourth-order valence-electron chi connectivity index (χ4n) is 0. The molecule has 4 heteroatoms. The van der Waals surface area contributed by atoms with Crippen molar-refractivity contribution in [2.45, 2.75) is 0 Å². The standard InChI is InChI=1S/Al.Cu.Mg.Zn.5H/q;;+2;;;;;2*-1. The second-order valence-electron chi connectivity index (χ2n) is 0. The maximum absolute atomic E-state index is 0. The van der Waals surface area contributed by atoms with E-state index >= 15 is 0 Å². The van der Waals surface area contributed by atoms with Gasteiger partial charge in [-0.2, -0.15) is 0 Å². The summed E-state index contributed by atoms with van der Waals surface area (Å²) in [7, 11) is 0. The maximum atomic E-state index is 0. The molecular weight excluding hydrogens is 180 g/mol. The SMILES string of the molecule is [AlH3].[Cu].[H-].[H-].[Mg+2].[Zn]. The summed E-state index contributed by atoms with van der Waals surface area (Å²) in [6.07, 6.45) is 0. The summed E-state index contributed by atoms with van der Waals surface area (Å²) in [5, 5.41) is 0. The van der Waals surface area contributed by atoms with Gasteiger partial charge in [0, 0.05) is 36.5 Å². The average Bonchev–Trinajstić information content (AvgIpc) is 0. The van der Waals surface area contributed by atoms with Crippen molar-refractivity contribution < 1.29 is 39.4 Å². The van der Waals surface area contributed by atoms with Gasteiger partial charge in [0.05, 0.1) is 0 Å². The minimum Gasteiger partial charge on any atom is -1.00 e. The van der Waals surface area contributed by atoms with Crippen LogP contribution in [0, 0.1) is 0 Å². The summed E-state index contributed by atoms with van der Waals surface area (Å²) >= 11 is 0. The summed E-state index contributed by atoms with van der Waals surface area (Å²) in [5.74, 6) is 0. The first-order chi connectivity index (χ1) is 0. The molecule has 0 N–H and O–H groups in total. The van der Waals surface area contributed by atoms with Crippen molar-refractivity contribution in [1.82, 2.24) is 0 Å². The van der Waals surface area contributed by atoms with Crippen molar-refractivity contribution in [3.05, 3.63) is 0 Å². The molecule has 0 aliphatic carbocycles. The van der Waals surface area contributed by atoms with Gasteiger partial charge in [-0.05, 0) is 0 Å². The molecule has 0 amide bonds. The van der Waals surface area contributed by atoms with Gasteiger partial charge in [0.25, 0.3) is 0 Å². The van der Waals surface area contributed by atoms with Gasteiger partial charge >= 0.3 is 23.1 Å². The van der Waals surface area contributed by atoms with Gasteiger partial charge < -0.3 is 2.85 Å². The van der Waals surface area contributed by atoms with Crippen molar-refractivity contribution in [2.24, 2.45) is 0 Å². The van der Waals surface area contributed by atoms with Crippen molar-refractivity contribution in [3.8, 4) is 0 Å². The van der Waals surface area contributed by atoms with Gasteiger partial charge in [-0.15, -0.1) is 0 Å². The van der Waals surface area contributed by atoms with Gasteiger partial charge in [-0.3, -0.25) is 0 Å². The van der Waals surface area contributed by atoms with Crippen LogP contribution in [0.1, 0.15) is 2.85 Å². The quantitative estimate of drug-likeness (QED) is 0.410. The van der Waals surface area contributed by atoms with E-state index in [0.717, 1.165) is 0 Å². The fraction of sp³-hybridized carbons (Fsp3) is 0. The molecule has 0 saturated carbocycles. The molecule has 0 nitrogen and oxygen atoms in total. The van der Waals surface area contributed by atoms with E-state index in [-0.39, 0.29) is 79.8 Å². The van der Waals surface area contributed by atoms with Crippen LogP contribution in [-0.2, 0) is 36.5 Å². The third kappa shape index (κ3) is 8.82. The molecule has 0 saturated heterocycles. The largest absolute Gasteiger partial charge is 2.00 e. The molecule has 0 aromatic carbocycles. The molecule has 0 aromatic heterocycles. The summed E-state index contributed by atoms with van der Waals surface area (Å²) in [5.41, 5.74) is 0. The average molecular weight is 185 g/mol. The zero-order chi connectivity index (χ0) is 0. The second-order valence-corrected chi connectivity index (χ2v) is 0. The van der Waals surface area contributed by atoms with Gasteiger partial charge in [-0.1, -0.05) is 0 Å². The molecule has 4 heavy (non-hydrogen) atoms. The number of hydrogen-bond acceptors (Lipinski definition) is 0. The molecule has 0 bridgehead atoms. The molecule has 0 unspecified atom stereocenters. The minimum absolute atomic E-state index is 0. The van der Waals surface area contributed by atoms with E-state index in [4.69, 9.17) is 0 Å². The summed E-state index contributed by atoms with van der Waals surface area (Å²) < 4.78 is 0. The Hall–Kier alpha value is 2.44. The predicted molar refractivity (Wildman–Crippen MR) is 17.9 cm³/mol. The van der Waals surface area contributed by atoms with Crippen LogP contribution in [0.2, 0.25) is 0 Å². The Morgan fingerprint density at radius 3 is 1.25 bits per heavy atom. The van der Waals surface area contributed by atoms with Crippen LogP contribution in [0.5, 0.6) is 0 Å². The molecule has 0 aromatic rings. The van der Waals surface area contributed by atoms with Gasteiger partial charge in [0.1, 0.15) is 0 Å². The molecule has 23 valence electrons. The van der Waals surface area contributed by atoms with Crippen molar-refractivity contribution in [3.63, 3.8) is 0 Å². The topological polar surface area (TPSA) is 0 Å². The first-order valence-corrected chi connectivity index (χ1v) is 0. The Labute approximate surface area is 79.0 Å². The van der Waals surface area contributed by atoms with Gasteiger partial charge in [-0.25, -0.2) is 0 Å². The fourth-order valence-corrected chi connectivity index (χ4v) is 0. The molecule has 0 fully saturated rings. The van der Waals surface area contributed by atoms with E-state index in [1.54, 1.807) is 0 Å². The van der Waals surface area contributed by atoms with Crippen LogP contribution in [0.4, 0.5) is 0 Å². The van der Waals surface area contributed by atoms with Crippen LogP contribution >= 0.6 is 0 Å². The van der Waals surface area contributed by atoms with Crippen LogP contribution < -0.4 is 0 Å². The predicted octanol–water partition coefficient (Wildman–Crippen LogP) is -1.34. The Kier molecular flexibility index (Phi) is 144. The molecule has 0 rings (SSSR count). The molecule has 0 heterocycles. The van der Waals surface area contributed by atoms with E-state index in [1.807, 2.05) is 0 Å². The molecule has 1 radical (unpaired) electrons. The molecule has 0 atom stereocenters. The van der Waals surface area contributed by atoms with Crippen molar-refractivity contribution in [2.75, 3.05) is 0 Å². The molecule has 0 spiro atoms. The second kappa shape index (κ2) is 18.0. The number of hydrogen-bond donors (Lipinski definition) is 0. The smallest absolute Gasteiger partial charge is 1.00 e. The van der Waals surface area contributed by atoms with Crippen LogP contribution in [0.15, 0.2) is 0 Å². The zero-order valence-electron chi connectivity index (χ0n) is 3.72. The van der Waals surface area contributed by atoms with E-state index in [0.29, 0.717) is 0 Å². The first-order valence-electron chi connectivity index (χ1n) is 0. The van der Waals surface area contributed by atoms with Gasteiger partial charge in [0.2, 0.25) is 0 Å². The first kappa shape index (κ1) is 32.0. The van der Waals surface area contributed by atoms with Crippen molar-refractivity contribution >= 4 is 40.4 Å². The third-order valence-electron chi connectivity index (χ3n) is 0. The van der Waals surface area contributed by atoms with E-state index in [1.165, 1.54) is 0 Å². The molecular formula is H5AlCuMgZn. The van der Waals surface area contributed by atoms with E-state index < -0.39 is 0 Å². The number of rotatable bonds is 0. The van der Waals surface area contributed by atoms with Crippen LogP contribution in [0.25, 0.3) is 0 Å². The Balaban J connectivity index is 0. The van der Waals surface area contributed by atoms with Crippen LogP contribution in [-0.4, -0.2) is 40.4 Å². The Morgan fingerprint density at radius 2 is 1.25 bits per heavy atom. The van der Waals surface area contributed by atoms with Gasteiger partial charge in [0.15, 0.2) is 17.4 Å². The summed E-state index contributed by atoms with van der Waals surface area (Å²) in [6, 6.07) is 0. The monoisotopic (exact) mass is 183 g/mol. The van der Waals surface area contributed by atoms with Crippen LogP contribution in [0.3, 0.4) is 0 Å². The summed E-state index contributed by atoms with van der Waals surface area (Å²) in [4.78, 5) is 0. The van der Waals surface area contributed by atoms with Crippen molar-refractivity contribution in [1.29, 1.82) is 0 Å².